The van der Waals surface area contributed by atoms with E-state index in [4.69, 9.17) is 4.84 Å². The van der Waals surface area contributed by atoms with Gasteiger partial charge < -0.3 is 15.5 Å². The Morgan fingerprint density at radius 2 is 1.83 bits per heavy atom. The van der Waals surface area contributed by atoms with Gasteiger partial charge in [-0.15, -0.1) is 0 Å². The lowest BCUT2D eigenvalue weighted by Gasteiger charge is -2.06. The van der Waals surface area contributed by atoms with Crippen molar-refractivity contribution in [3.05, 3.63) is 62.9 Å². The molecule has 0 saturated carbocycles. The molecule has 1 amide bonds. The first-order valence-corrected chi connectivity index (χ1v) is 8.11. The molecule has 0 aliphatic carbocycles. The van der Waals surface area contributed by atoms with E-state index in [-0.39, 0.29) is 5.91 Å². The molecule has 0 spiro atoms. The number of amides is 1. The summed E-state index contributed by atoms with van der Waals surface area (Å²) in [6.07, 6.45) is 0. The summed E-state index contributed by atoms with van der Waals surface area (Å²) in [4.78, 5) is 17.6. The van der Waals surface area contributed by atoms with Crippen molar-refractivity contribution < 1.29 is 9.63 Å². The molecule has 2 heterocycles. The highest BCUT2D eigenvalue weighted by molar-refractivity contribution is 14.1. The predicted octanol–water partition coefficient (Wildman–Crippen LogP) is 3.43. The monoisotopic (exact) mass is 417 g/mol. The fourth-order valence-electron chi connectivity index (χ4n) is 2.90. The molecule has 2 aliphatic rings. The molecule has 2 aromatic rings. The van der Waals surface area contributed by atoms with E-state index < -0.39 is 0 Å². The summed E-state index contributed by atoms with van der Waals surface area (Å²) in [6.45, 7) is 0. The van der Waals surface area contributed by atoms with E-state index in [2.05, 4.69) is 38.4 Å². The van der Waals surface area contributed by atoms with Gasteiger partial charge in [-0.05, 0) is 34.7 Å². The third-order valence-corrected chi connectivity index (χ3v) is 4.76. The largest absolute Gasteiger partial charge is 0.399 e. The molecule has 0 unspecified atom stereocenters. The van der Waals surface area contributed by atoms with Gasteiger partial charge >= 0.3 is 0 Å². The number of rotatable bonds is 1. The number of benzene rings is 2. The van der Waals surface area contributed by atoms with Crippen LogP contribution in [-0.2, 0) is 9.63 Å². The number of carbonyl (C=O) groups is 1. The van der Waals surface area contributed by atoms with Crippen molar-refractivity contribution in [3.8, 4) is 0 Å². The van der Waals surface area contributed by atoms with Gasteiger partial charge in [-0.25, -0.2) is 0 Å². The summed E-state index contributed by atoms with van der Waals surface area (Å²) >= 11 is 2.22. The maximum atomic E-state index is 12.6. The maximum Gasteiger partial charge on any atom is 0.258 e. The Labute approximate surface area is 146 Å². The predicted molar refractivity (Wildman–Crippen MR) is 98.3 cm³/mol. The fraction of sp³-hybridized carbons (Fsp3) is 0.0588. The number of hydrogen-bond donors (Lipinski definition) is 2. The molecular weight excluding hydrogens is 405 g/mol. The number of allylic oxidation sites excluding steroid dienone is 1. The van der Waals surface area contributed by atoms with E-state index in [1.807, 2.05) is 42.5 Å². The zero-order valence-electron chi connectivity index (χ0n) is 12.2. The van der Waals surface area contributed by atoms with Crippen molar-refractivity contribution >= 4 is 51.2 Å². The number of carbonyl (C=O) groups excluding carboxylic acids is 1. The Morgan fingerprint density at radius 1 is 1.04 bits per heavy atom. The van der Waals surface area contributed by atoms with Crippen LogP contribution >= 0.6 is 22.6 Å². The van der Waals surface area contributed by atoms with Gasteiger partial charge in [0.2, 0.25) is 0 Å². The second kappa shape index (κ2) is 5.38. The molecule has 2 aliphatic heterocycles. The summed E-state index contributed by atoms with van der Waals surface area (Å²) in [5, 5.41) is 10.4. The summed E-state index contributed by atoms with van der Waals surface area (Å²) in [5.74, 6) is -0.136. The first kappa shape index (κ1) is 14.3. The van der Waals surface area contributed by atoms with Gasteiger partial charge in [-0.2, -0.15) is 0 Å². The van der Waals surface area contributed by atoms with Gasteiger partial charge in [0.05, 0.1) is 17.0 Å². The highest BCUT2D eigenvalue weighted by Crippen LogP contribution is 2.40. The topological polar surface area (TPSA) is 62.7 Å². The van der Waals surface area contributed by atoms with Crippen LogP contribution in [-0.4, -0.2) is 18.7 Å². The maximum absolute atomic E-state index is 12.6. The fourth-order valence-corrected chi connectivity index (χ4v) is 3.53. The molecule has 23 heavy (non-hydrogen) atoms. The van der Waals surface area contributed by atoms with Gasteiger partial charge in [0, 0.05) is 20.4 Å². The van der Waals surface area contributed by atoms with Crippen molar-refractivity contribution in [3.63, 3.8) is 0 Å². The normalized spacial score (nSPS) is 20.1. The summed E-state index contributed by atoms with van der Waals surface area (Å²) in [5.41, 5.74) is 5.45. The second-order valence-electron chi connectivity index (χ2n) is 5.16. The zero-order chi connectivity index (χ0) is 16.0. The molecule has 2 aromatic carbocycles. The third-order valence-electron chi connectivity index (χ3n) is 3.86. The van der Waals surface area contributed by atoms with Crippen molar-refractivity contribution in [2.75, 3.05) is 17.7 Å². The van der Waals surface area contributed by atoms with E-state index in [1.165, 1.54) is 7.11 Å². The van der Waals surface area contributed by atoms with E-state index >= 15 is 0 Å². The number of nitrogens with zero attached hydrogens (tertiary/aromatic N) is 1. The standard InChI is InChI=1S/C17H12IN3O2/c1-23-21-15-9-5-2-3-8-12(9)19-16(15)13-10-6-4-7-11(18)14(10)20-17(13)22/h2-8,19H,1H3,(H,20,22)/b16-13-,21-15+. The first-order valence-electron chi connectivity index (χ1n) is 7.03. The first-order chi connectivity index (χ1) is 11.2. The third kappa shape index (κ3) is 2.13. The number of anilines is 2. The molecular formula is C17H12IN3O2. The van der Waals surface area contributed by atoms with Crippen molar-refractivity contribution in [1.82, 2.24) is 0 Å². The SMILES string of the molecule is CO/N=C1/C(=C2/C(=O)Nc3c(I)cccc32)Nc2ccccc21. The number of hydrogen-bond acceptors (Lipinski definition) is 4. The van der Waals surface area contributed by atoms with Gasteiger partial charge in [-0.1, -0.05) is 35.5 Å². The highest BCUT2D eigenvalue weighted by Gasteiger charge is 2.34. The lowest BCUT2D eigenvalue weighted by atomic mass is 10.0. The van der Waals surface area contributed by atoms with Crippen LogP contribution in [0.4, 0.5) is 11.4 Å². The Bertz CT molecular complexity index is 902. The molecule has 0 saturated heterocycles. The van der Waals surface area contributed by atoms with Gasteiger partial charge in [0.15, 0.2) is 0 Å². The minimum Gasteiger partial charge on any atom is -0.399 e. The zero-order valence-corrected chi connectivity index (χ0v) is 14.3. The van der Waals surface area contributed by atoms with Crippen molar-refractivity contribution in [2.45, 2.75) is 0 Å². The van der Waals surface area contributed by atoms with Crippen molar-refractivity contribution in [2.24, 2.45) is 5.16 Å². The summed E-state index contributed by atoms with van der Waals surface area (Å²) in [7, 11) is 1.50. The van der Waals surface area contributed by atoms with Crippen LogP contribution in [0.3, 0.4) is 0 Å². The molecule has 0 bridgehead atoms. The number of para-hydroxylation sites is 2. The van der Waals surface area contributed by atoms with Crippen LogP contribution in [0.2, 0.25) is 0 Å². The average molecular weight is 417 g/mol. The van der Waals surface area contributed by atoms with E-state index in [9.17, 15) is 4.79 Å². The van der Waals surface area contributed by atoms with Gasteiger partial charge in [0.1, 0.15) is 12.8 Å². The summed E-state index contributed by atoms with van der Waals surface area (Å²) < 4.78 is 1.00. The Balaban J connectivity index is 1.98. The minimum atomic E-state index is -0.136. The molecule has 4 rings (SSSR count). The van der Waals surface area contributed by atoms with Crippen molar-refractivity contribution in [1.29, 1.82) is 0 Å². The smallest absolute Gasteiger partial charge is 0.258 e. The van der Waals surface area contributed by atoms with Crippen LogP contribution in [0.1, 0.15) is 11.1 Å². The lowest BCUT2D eigenvalue weighted by molar-refractivity contribution is -0.110. The van der Waals surface area contributed by atoms with E-state index in [0.717, 1.165) is 26.1 Å². The molecule has 114 valence electrons. The molecule has 6 heteroatoms. The number of fused-ring (bicyclic) bond motifs is 2. The Morgan fingerprint density at radius 3 is 2.65 bits per heavy atom. The lowest BCUT2D eigenvalue weighted by Crippen LogP contribution is -2.12. The van der Waals surface area contributed by atoms with Crippen LogP contribution < -0.4 is 10.6 Å². The molecule has 0 aromatic heterocycles. The van der Waals surface area contributed by atoms with Crippen LogP contribution in [0.25, 0.3) is 5.57 Å². The van der Waals surface area contributed by atoms with Crippen LogP contribution in [0, 0.1) is 3.57 Å². The van der Waals surface area contributed by atoms with E-state index in [0.29, 0.717) is 17.0 Å². The number of halogens is 1. The van der Waals surface area contributed by atoms with Crippen LogP contribution in [0.15, 0.2) is 53.3 Å². The molecule has 0 fully saturated rings. The quantitative estimate of drug-likeness (QED) is 0.425. The number of oxime groups is 1. The Kier molecular flexibility index (Phi) is 3.33. The van der Waals surface area contributed by atoms with Gasteiger partial charge in [0.25, 0.3) is 5.91 Å². The number of nitrogens with one attached hydrogen (secondary N) is 2. The Hall–Kier alpha value is -2.35. The molecule has 0 radical (unpaired) electrons. The molecule has 5 nitrogen and oxygen atoms in total. The molecule has 2 N–H and O–H groups in total. The van der Waals surface area contributed by atoms with E-state index in [1.54, 1.807) is 0 Å². The second-order valence-corrected chi connectivity index (χ2v) is 6.32. The van der Waals surface area contributed by atoms with Crippen LogP contribution in [0.5, 0.6) is 0 Å². The summed E-state index contributed by atoms with van der Waals surface area (Å²) in [6, 6.07) is 13.6. The average Bonchev–Trinajstić information content (AvgIpc) is 3.06. The minimum absolute atomic E-state index is 0.136. The van der Waals surface area contributed by atoms with Gasteiger partial charge in [-0.3, -0.25) is 4.79 Å². The molecule has 0 atom stereocenters. The highest BCUT2D eigenvalue weighted by atomic mass is 127.